The lowest BCUT2D eigenvalue weighted by Crippen LogP contribution is -2.48. The summed E-state index contributed by atoms with van der Waals surface area (Å²) in [5.41, 5.74) is 1.83. The van der Waals surface area contributed by atoms with E-state index in [1.807, 2.05) is 18.7 Å². The van der Waals surface area contributed by atoms with Crippen LogP contribution >= 0.6 is 0 Å². The van der Waals surface area contributed by atoms with E-state index in [-0.39, 0.29) is 17.9 Å². The molecule has 0 aliphatic carbocycles. The van der Waals surface area contributed by atoms with E-state index in [1.165, 1.54) is 8.61 Å². The molecule has 4 rings (SSSR count). The number of carbonyl (C=O) groups is 1. The van der Waals surface area contributed by atoms with Gasteiger partial charge in [0, 0.05) is 51.8 Å². The minimum atomic E-state index is -3.45. The van der Waals surface area contributed by atoms with E-state index in [4.69, 9.17) is 4.52 Å². The number of rotatable bonds is 5. The maximum absolute atomic E-state index is 12.8. The molecule has 9 heteroatoms. The monoisotopic (exact) mass is 384 g/mol. The normalized spacial score (nSPS) is 24.3. The lowest BCUT2D eigenvalue weighted by atomic mass is 9.94. The van der Waals surface area contributed by atoms with E-state index >= 15 is 0 Å². The first-order valence-corrected chi connectivity index (χ1v) is 10.5. The van der Waals surface area contributed by atoms with Crippen LogP contribution in [0.5, 0.6) is 0 Å². The number of aromatic nitrogens is 1. The molecule has 3 aliphatic rings. The Bertz CT molecular complexity index is 754. The Morgan fingerprint density at radius 1 is 1.23 bits per heavy atom. The molecule has 146 valence electrons. The number of nitrogens with zero attached hydrogens (tertiary/aromatic N) is 4. The maximum atomic E-state index is 12.8. The zero-order valence-electron chi connectivity index (χ0n) is 15.9. The zero-order chi connectivity index (χ0) is 19.1. The summed E-state index contributed by atoms with van der Waals surface area (Å²) >= 11 is 0. The third-order valence-corrected chi connectivity index (χ3v) is 7.43. The minimum absolute atomic E-state index is 0.0411. The van der Waals surface area contributed by atoms with Gasteiger partial charge in [-0.2, -0.15) is 17.0 Å². The van der Waals surface area contributed by atoms with Gasteiger partial charge in [0.05, 0.1) is 5.69 Å². The average molecular weight is 385 g/mol. The molecule has 2 atom stereocenters. The molecular formula is C17H28N4O4S. The van der Waals surface area contributed by atoms with Crippen molar-refractivity contribution in [2.75, 3.05) is 33.7 Å². The van der Waals surface area contributed by atoms with Crippen LogP contribution in [-0.4, -0.2) is 72.8 Å². The molecule has 0 N–H and O–H groups in total. The van der Waals surface area contributed by atoms with Crippen LogP contribution in [0.3, 0.4) is 0 Å². The zero-order valence-corrected chi connectivity index (χ0v) is 16.8. The maximum Gasteiger partial charge on any atom is 0.281 e. The molecule has 0 aromatic carbocycles. The number of fused-ring (bicyclic) bond motifs is 4. The summed E-state index contributed by atoms with van der Waals surface area (Å²) in [6, 6.07) is -0.0411. The van der Waals surface area contributed by atoms with Crippen LogP contribution in [0.1, 0.15) is 36.3 Å². The summed E-state index contributed by atoms with van der Waals surface area (Å²) in [6.07, 6.45) is 2.83. The number of piperidine rings is 1. The fourth-order valence-electron chi connectivity index (χ4n) is 4.00. The highest BCUT2D eigenvalue weighted by Crippen LogP contribution is 2.30. The van der Waals surface area contributed by atoms with Crippen LogP contribution in [-0.2, 0) is 21.4 Å². The minimum Gasteiger partial charge on any atom is -0.361 e. The van der Waals surface area contributed by atoms with Gasteiger partial charge in [0.1, 0.15) is 5.76 Å². The molecule has 4 heterocycles. The number of hydrogen-bond acceptors (Lipinski definition) is 5. The molecule has 3 saturated heterocycles. The molecule has 1 aromatic heterocycles. The van der Waals surface area contributed by atoms with Gasteiger partial charge >= 0.3 is 0 Å². The van der Waals surface area contributed by atoms with Crippen molar-refractivity contribution in [3.05, 3.63) is 17.0 Å². The van der Waals surface area contributed by atoms with Gasteiger partial charge in [-0.3, -0.25) is 4.79 Å². The number of carbonyl (C=O) groups excluding carboxylic acids is 1. The molecule has 0 spiro atoms. The van der Waals surface area contributed by atoms with Gasteiger partial charge < -0.3 is 9.42 Å². The van der Waals surface area contributed by atoms with Crippen molar-refractivity contribution < 1.29 is 17.7 Å². The van der Waals surface area contributed by atoms with Gasteiger partial charge in [-0.25, -0.2) is 0 Å². The smallest absolute Gasteiger partial charge is 0.281 e. The summed E-state index contributed by atoms with van der Waals surface area (Å²) in [7, 11) is -0.349. The molecule has 3 aliphatic heterocycles. The van der Waals surface area contributed by atoms with Crippen molar-refractivity contribution >= 4 is 16.1 Å². The molecule has 0 radical (unpaired) electrons. The molecule has 0 unspecified atom stereocenters. The van der Waals surface area contributed by atoms with Crippen LogP contribution in [0.25, 0.3) is 0 Å². The lowest BCUT2D eigenvalue weighted by Gasteiger charge is -2.36. The van der Waals surface area contributed by atoms with Gasteiger partial charge in [-0.05, 0) is 39.0 Å². The van der Waals surface area contributed by atoms with Crippen LogP contribution < -0.4 is 0 Å². The van der Waals surface area contributed by atoms with Gasteiger partial charge in [-0.15, -0.1) is 0 Å². The second kappa shape index (κ2) is 7.28. The highest BCUT2D eigenvalue weighted by Gasteiger charge is 2.41. The molecule has 0 saturated carbocycles. The largest absolute Gasteiger partial charge is 0.361 e. The summed E-state index contributed by atoms with van der Waals surface area (Å²) in [5, 5.41) is 3.94. The van der Waals surface area contributed by atoms with E-state index in [2.05, 4.69) is 5.16 Å². The predicted molar refractivity (Wildman–Crippen MR) is 96.7 cm³/mol. The third kappa shape index (κ3) is 3.65. The van der Waals surface area contributed by atoms with Crippen LogP contribution in [0.2, 0.25) is 0 Å². The number of hydrogen-bond donors (Lipinski definition) is 0. The van der Waals surface area contributed by atoms with Crippen LogP contribution in [0, 0.1) is 19.8 Å². The summed E-state index contributed by atoms with van der Waals surface area (Å²) in [6.45, 7) is 5.26. The van der Waals surface area contributed by atoms with Crippen molar-refractivity contribution in [2.24, 2.45) is 5.92 Å². The van der Waals surface area contributed by atoms with E-state index in [9.17, 15) is 13.2 Å². The Balaban J connectivity index is 1.69. The highest BCUT2D eigenvalue weighted by molar-refractivity contribution is 7.86. The lowest BCUT2D eigenvalue weighted by molar-refractivity contribution is -0.135. The molecule has 1 aromatic rings. The van der Waals surface area contributed by atoms with Crippen molar-refractivity contribution in [1.29, 1.82) is 0 Å². The summed E-state index contributed by atoms with van der Waals surface area (Å²) < 4.78 is 33.0. The molecule has 1 amide bonds. The standard InChI is InChI=1S/C17H28N4O4S/c1-12-16(13(2)25-18-12)7-8-17(22)21-10-14-5-6-15(21)11-20(9-14)26(23,24)19(3)4/h14-15H,5-11H2,1-4H3/t14-,15+/m1/s1. The van der Waals surface area contributed by atoms with E-state index in [1.54, 1.807) is 14.1 Å². The average Bonchev–Trinajstić information content (AvgIpc) is 2.79. The fourth-order valence-corrected chi connectivity index (χ4v) is 5.22. The second-order valence-corrected chi connectivity index (χ2v) is 9.70. The van der Waals surface area contributed by atoms with Crippen molar-refractivity contribution in [1.82, 2.24) is 18.7 Å². The quantitative estimate of drug-likeness (QED) is 0.754. The first-order chi connectivity index (χ1) is 12.2. The van der Waals surface area contributed by atoms with Gasteiger partial charge in [0.15, 0.2) is 0 Å². The van der Waals surface area contributed by atoms with Crippen LogP contribution in [0.15, 0.2) is 4.52 Å². The van der Waals surface area contributed by atoms with Crippen LogP contribution in [0.4, 0.5) is 0 Å². The Morgan fingerprint density at radius 3 is 2.58 bits per heavy atom. The molecular weight excluding hydrogens is 356 g/mol. The highest BCUT2D eigenvalue weighted by atomic mass is 32.2. The number of amides is 1. The Labute approximate surface area is 155 Å². The van der Waals surface area contributed by atoms with E-state index in [0.29, 0.717) is 32.5 Å². The Hall–Kier alpha value is -1.45. The first-order valence-electron chi connectivity index (χ1n) is 9.09. The van der Waals surface area contributed by atoms with E-state index < -0.39 is 10.2 Å². The topological polar surface area (TPSA) is 87.0 Å². The van der Waals surface area contributed by atoms with Gasteiger partial charge in [0.25, 0.3) is 10.2 Å². The summed E-state index contributed by atoms with van der Waals surface area (Å²) in [5.74, 6) is 1.05. The van der Waals surface area contributed by atoms with Crippen molar-refractivity contribution in [3.8, 4) is 0 Å². The van der Waals surface area contributed by atoms with Gasteiger partial charge in [0.2, 0.25) is 5.91 Å². The number of aryl methyl sites for hydroxylation is 2. The summed E-state index contributed by atoms with van der Waals surface area (Å²) in [4.78, 5) is 14.7. The molecule has 26 heavy (non-hydrogen) atoms. The Kier molecular flexibility index (Phi) is 5.41. The predicted octanol–water partition coefficient (Wildman–Crippen LogP) is 0.953. The van der Waals surface area contributed by atoms with Crippen molar-refractivity contribution in [2.45, 2.75) is 45.6 Å². The first kappa shape index (κ1) is 19.3. The van der Waals surface area contributed by atoms with Crippen molar-refractivity contribution in [3.63, 3.8) is 0 Å². The van der Waals surface area contributed by atoms with E-state index in [0.717, 1.165) is 29.9 Å². The van der Waals surface area contributed by atoms with Gasteiger partial charge in [-0.1, -0.05) is 5.16 Å². The fraction of sp³-hybridized carbons (Fsp3) is 0.765. The molecule has 3 fully saturated rings. The SMILES string of the molecule is Cc1noc(C)c1CCC(=O)N1C[C@@H]2CC[C@H]1CN(S(=O)(=O)N(C)C)C2. The molecule has 8 nitrogen and oxygen atoms in total. The molecule has 2 bridgehead atoms. The Morgan fingerprint density at radius 2 is 1.96 bits per heavy atom. The third-order valence-electron chi connectivity index (χ3n) is 5.56. The second-order valence-electron chi connectivity index (χ2n) is 7.55.